The molecular formula is C39H27N3O. The molecule has 0 saturated carbocycles. The first-order chi connectivity index (χ1) is 21.3. The molecule has 0 spiro atoms. The van der Waals surface area contributed by atoms with E-state index in [1.807, 2.05) is 48.5 Å². The van der Waals surface area contributed by atoms with E-state index in [2.05, 4.69) is 108 Å². The third-order valence-corrected chi connectivity index (χ3v) is 7.95. The second-order valence-corrected chi connectivity index (χ2v) is 10.7. The topological polar surface area (TPSA) is 49.9 Å². The predicted octanol–water partition coefficient (Wildman–Crippen LogP) is 9.42. The van der Waals surface area contributed by atoms with Crippen molar-refractivity contribution in [1.29, 1.82) is 0 Å². The summed E-state index contributed by atoms with van der Waals surface area (Å²) in [5.41, 5.74) is 9.57. The van der Waals surface area contributed by atoms with Gasteiger partial charge in [-0.05, 0) is 52.1 Å². The number of furan rings is 1. The first-order valence-corrected chi connectivity index (χ1v) is 14.4. The van der Waals surface area contributed by atoms with Crippen molar-refractivity contribution in [3.8, 4) is 22.3 Å². The Morgan fingerprint density at radius 2 is 0.953 bits per heavy atom. The Hall–Kier alpha value is -5.74. The molecule has 6 aromatic carbocycles. The molecule has 4 heteroatoms. The largest absolute Gasteiger partial charge is 0.456 e. The number of hydrogen-bond donors (Lipinski definition) is 1. The molecular weight excluding hydrogens is 526 g/mol. The van der Waals surface area contributed by atoms with Crippen LogP contribution in [0.2, 0.25) is 0 Å². The number of fused-ring (bicyclic) bond motifs is 3. The second-order valence-electron chi connectivity index (χ2n) is 10.7. The molecule has 0 radical (unpaired) electrons. The maximum Gasteiger partial charge on any atom is 0.169 e. The van der Waals surface area contributed by atoms with E-state index in [9.17, 15) is 0 Å². The Morgan fingerprint density at radius 3 is 1.65 bits per heavy atom. The summed E-state index contributed by atoms with van der Waals surface area (Å²) in [7, 11) is 0. The molecule has 43 heavy (non-hydrogen) atoms. The lowest BCUT2D eigenvalue weighted by Gasteiger charge is -2.22. The third kappa shape index (κ3) is 4.79. The number of nitrogens with zero attached hydrogens (tertiary/aromatic N) is 2. The Bertz CT molecular complexity index is 2090. The van der Waals surface area contributed by atoms with Gasteiger partial charge in [0.15, 0.2) is 6.17 Å². The van der Waals surface area contributed by atoms with E-state index in [4.69, 9.17) is 14.4 Å². The number of amidine groups is 2. The lowest BCUT2D eigenvalue weighted by atomic mass is 9.97. The summed E-state index contributed by atoms with van der Waals surface area (Å²) in [5, 5.41) is 5.73. The minimum Gasteiger partial charge on any atom is -0.456 e. The fraction of sp³-hybridized carbons (Fsp3) is 0.0256. The summed E-state index contributed by atoms with van der Waals surface area (Å²) < 4.78 is 6.04. The Balaban J connectivity index is 1.12. The predicted molar refractivity (Wildman–Crippen MR) is 176 cm³/mol. The smallest absolute Gasteiger partial charge is 0.169 e. The molecule has 7 aromatic rings. The normalized spacial score (nSPS) is 13.5. The fourth-order valence-electron chi connectivity index (χ4n) is 5.72. The van der Waals surface area contributed by atoms with Gasteiger partial charge in [0, 0.05) is 21.9 Å². The molecule has 0 saturated heterocycles. The molecule has 1 aliphatic rings. The van der Waals surface area contributed by atoms with Gasteiger partial charge in [0.2, 0.25) is 0 Å². The summed E-state index contributed by atoms with van der Waals surface area (Å²) in [6, 6.07) is 52.4. The monoisotopic (exact) mass is 553 g/mol. The number of benzene rings is 6. The summed E-state index contributed by atoms with van der Waals surface area (Å²) in [6.45, 7) is 0. The number of nitrogens with one attached hydrogen (secondary N) is 1. The molecule has 1 N–H and O–H groups in total. The lowest BCUT2D eigenvalue weighted by Crippen LogP contribution is -2.35. The maximum absolute atomic E-state index is 6.04. The molecule has 8 rings (SSSR count). The van der Waals surface area contributed by atoms with Crippen molar-refractivity contribution in [3.63, 3.8) is 0 Å². The average Bonchev–Trinajstić information content (AvgIpc) is 3.47. The zero-order valence-corrected chi connectivity index (χ0v) is 23.3. The average molecular weight is 554 g/mol. The fourth-order valence-corrected chi connectivity index (χ4v) is 5.72. The third-order valence-electron chi connectivity index (χ3n) is 7.95. The van der Waals surface area contributed by atoms with Crippen molar-refractivity contribution in [3.05, 3.63) is 168 Å². The molecule has 0 bridgehead atoms. The van der Waals surface area contributed by atoms with E-state index in [0.717, 1.165) is 67.0 Å². The van der Waals surface area contributed by atoms with Crippen LogP contribution in [0.25, 0.3) is 44.2 Å². The van der Waals surface area contributed by atoms with E-state index >= 15 is 0 Å². The Kier molecular flexibility index (Phi) is 6.16. The number of rotatable bonds is 5. The first-order valence-electron chi connectivity index (χ1n) is 14.4. The van der Waals surface area contributed by atoms with E-state index in [-0.39, 0.29) is 6.17 Å². The van der Waals surface area contributed by atoms with Gasteiger partial charge < -0.3 is 9.73 Å². The molecule has 4 nitrogen and oxygen atoms in total. The summed E-state index contributed by atoms with van der Waals surface area (Å²) in [5.74, 6) is 1.64. The molecule has 0 fully saturated rings. The molecule has 1 aliphatic heterocycles. The van der Waals surface area contributed by atoms with Crippen LogP contribution in [0.1, 0.15) is 22.9 Å². The van der Waals surface area contributed by atoms with Crippen LogP contribution < -0.4 is 5.32 Å². The van der Waals surface area contributed by atoms with Gasteiger partial charge in [-0.25, -0.2) is 9.98 Å². The Labute approximate surface area is 249 Å². The molecule has 0 atom stereocenters. The van der Waals surface area contributed by atoms with Crippen LogP contribution >= 0.6 is 0 Å². The summed E-state index contributed by atoms with van der Waals surface area (Å²) in [4.78, 5) is 10.0. The highest BCUT2D eigenvalue weighted by atomic mass is 16.3. The van der Waals surface area contributed by atoms with Crippen molar-refractivity contribution in [2.75, 3.05) is 0 Å². The van der Waals surface area contributed by atoms with Crippen molar-refractivity contribution < 1.29 is 4.42 Å². The number of para-hydroxylation sites is 1. The van der Waals surface area contributed by atoms with Gasteiger partial charge in [0.25, 0.3) is 0 Å². The van der Waals surface area contributed by atoms with Crippen molar-refractivity contribution in [1.82, 2.24) is 5.32 Å². The standard InChI is InChI=1S/C39H27N3O/c1-3-10-27(11-4-1)37-40-38(28-12-5-2-6-13-28)42-39(41-37)29-20-18-26(19-21-29)30-14-9-15-31(24-30)32-22-23-36-34(25-32)33-16-7-8-17-35(33)43-36/h1-25,39H,(H,40,41,42). The minimum absolute atomic E-state index is 0.344. The van der Waals surface area contributed by atoms with Crippen LogP contribution in [0.5, 0.6) is 0 Å². The van der Waals surface area contributed by atoms with Crippen LogP contribution in [0.15, 0.2) is 166 Å². The van der Waals surface area contributed by atoms with Gasteiger partial charge in [0.1, 0.15) is 22.8 Å². The summed E-state index contributed by atoms with van der Waals surface area (Å²) in [6.07, 6.45) is -0.344. The first kappa shape index (κ1) is 25.0. The minimum atomic E-state index is -0.344. The molecule has 0 unspecified atom stereocenters. The maximum atomic E-state index is 6.04. The molecule has 204 valence electrons. The van der Waals surface area contributed by atoms with E-state index in [0.29, 0.717) is 0 Å². The van der Waals surface area contributed by atoms with E-state index in [1.54, 1.807) is 0 Å². The van der Waals surface area contributed by atoms with E-state index < -0.39 is 0 Å². The van der Waals surface area contributed by atoms with Crippen LogP contribution in [0, 0.1) is 0 Å². The highest BCUT2D eigenvalue weighted by molar-refractivity contribution is 6.15. The molecule has 2 heterocycles. The van der Waals surface area contributed by atoms with Crippen LogP contribution in [-0.2, 0) is 0 Å². The quantitative estimate of drug-likeness (QED) is 0.231. The van der Waals surface area contributed by atoms with Gasteiger partial charge in [-0.2, -0.15) is 0 Å². The second kappa shape index (κ2) is 10.6. The van der Waals surface area contributed by atoms with Crippen LogP contribution in [-0.4, -0.2) is 11.7 Å². The zero-order chi connectivity index (χ0) is 28.6. The van der Waals surface area contributed by atoms with Crippen molar-refractivity contribution in [2.45, 2.75) is 6.17 Å². The molecule has 0 amide bonds. The Morgan fingerprint density at radius 1 is 0.419 bits per heavy atom. The zero-order valence-electron chi connectivity index (χ0n) is 23.3. The SMILES string of the molecule is c1ccc(C2=NC(c3ccc(-c4cccc(-c5ccc6oc7ccccc7c6c5)c4)cc3)N=C(c3ccccc3)N2)cc1. The van der Waals surface area contributed by atoms with Gasteiger partial charge in [-0.3, -0.25) is 0 Å². The summed E-state index contributed by atoms with van der Waals surface area (Å²) >= 11 is 0. The molecule has 0 aliphatic carbocycles. The van der Waals surface area contributed by atoms with E-state index in [1.165, 1.54) is 5.56 Å². The van der Waals surface area contributed by atoms with Crippen LogP contribution in [0.4, 0.5) is 0 Å². The highest BCUT2D eigenvalue weighted by Crippen LogP contribution is 2.34. The highest BCUT2D eigenvalue weighted by Gasteiger charge is 2.20. The number of hydrogen-bond acceptors (Lipinski definition) is 4. The van der Waals surface area contributed by atoms with Crippen molar-refractivity contribution in [2.24, 2.45) is 9.98 Å². The van der Waals surface area contributed by atoms with Crippen LogP contribution in [0.3, 0.4) is 0 Å². The van der Waals surface area contributed by atoms with Gasteiger partial charge >= 0.3 is 0 Å². The lowest BCUT2D eigenvalue weighted by molar-refractivity contribution is 0.669. The molecule has 1 aromatic heterocycles. The van der Waals surface area contributed by atoms with Gasteiger partial charge in [-0.15, -0.1) is 0 Å². The van der Waals surface area contributed by atoms with Gasteiger partial charge in [0.05, 0.1) is 0 Å². The van der Waals surface area contributed by atoms with Crippen molar-refractivity contribution >= 4 is 33.6 Å². The number of aliphatic imine (C=N–C) groups is 2. The van der Waals surface area contributed by atoms with Gasteiger partial charge in [-0.1, -0.05) is 127 Å².